The second kappa shape index (κ2) is 12.5. The molecule has 2 aromatic rings. The first-order valence-corrected chi connectivity index (χ1v) is 13.8. The molecule has 1 aliphatic rings. The topological polar surface area (TPSA) is 135 Å². The van der Waals surface area contributed by atoms with Gasteiger partial charge in [0.25, 0.3) is 0 Å². The average molecular weight is 543 g/mol. The Kier molecular flexibility index (Phi) is 9.69. The van der Waals surface area contributed by atoms with Gasteiger partial charge in [-0.1, -0.05) is 98.0 Å². The number of carboxylic acid groups (broad SMARTS) is 1. The normalized spacial score (nSPS) is 18.9. The first kappa shape index (κ1) is 28.6. The van der Waals surface area contributed by atoms with Crippen molar-refractivity contribution in [2.75, 3.05) is 12.3 Å². The fourth-order valence-electron chi connectivity index (χ4n) is 4.19. The minimum Gasteiger partial charge on any atom is -0.479 e. The maximum atomic E-state index is 13.9. The number of Topliss-reactive ketones (excluding diaryl/α,β-unsaturated/α-hetero) is 1. The van der Waals surface area contributed by atoms with Crippen LogP contribution in [-0.4, -0.2) is 67.0 Å². The number of aliphatic carboxylic acids is 1. The highest BCUT2D eigenvalue weighted by molar-refractivity contribution is 8.18. The first-order chi connectivity index (χ1) is 17.6. The second-order valence-electron chi connectivity index (χ2n) is 9.12. The number of likely N-dealkylation sites (tertiary alicyclic amines) is 1. The lowest BCUT2D eigenvalue weighted by molar-refractivity contribution is -0.162. The van der Waals surface area contributed by atoms with Crippen LogP contribution in [0.15, 0.2) is 60.7 Å². The Bertz CT molecular complexity index is 1160. The highest BCUT2D eigenvalue weighted by Crippen LogP contribution is 2.36. The van der Waals surface area contributed by atoms with Gasteiger partial charge in [-0.25, -0.2) is 4.79 Å². The summed E-state index contributed by atoms with van der Waals surface area (Å²) in [4.78, 5) is 66.5. The van der Waals surface area contributed by atoms with Crippen LogP contribution in [0.1, 0.15) is 47.4 Å². The van der Waals surface area contributed by atoms with E-state index < -0.39 is 39.6 Å². The van der Waals surface area contributed by atoms with Crippen LogP contribution in [0.2, 0.25) is 0 Å². The first-order valence-electron chi connectivity index (χ1n) is 11.9. The molecule has 1 fully saturated rings. The van der Waals surface area contributed by atoms with E-state index in [4.69, 9.17) is 5.73 Å². The summed E-state index contributed by atoms with van der Waals surface area (Å²) in [6, 6.07) is 15.8. The summed E-state index contributed by atoms with van der Waals surface area (Å²) in [5.74, 6) is -3.25. The SMILES string of the molecule is CC(C)C(N)C(=O)C1(C(=O)O)CCCN1C(=O)C(CSC(=O)c1ccccc1)SC(=O)c1ccccc1. The Morgan fingerprint density at radius 1 is 0.946 bits per heavy atom. The molecule has 0 spiro atoms. The highest BCUT2D eigenvalue weighted by atomic mass is 32.2. The van der Waals surface area contributed by atoms with E-state index in [1.807, 2.05) is 0 Å². The predicted molar refractivity (Wildman–Crippen MR) is 145 cm³/mol. The summed E-state index contributed by atoms with van der Waals surface area (Å²) in [6.07, 6.45) is 0.238. The Morgan fingerprint density at radius 3 is 2.00 bits per heavy atom. The summed E-state index contributed by atoms with van der Waals surface area (Å²) in [6.45, 7) is 3.46. The van der Waals surface area contributed by atoms with Crippen LogP contribution in [0.4, 0.5) is 0 Å². The third-order valence-electron chi connectivity index (χ3n) is 6.34. The molecule has 2 aromatic carbocycles. The largest absolute Gasteiger partial charge is 0.479 e. The number of carboxylic acids is 1. The number of hydrogen-bond acceptors (Lipinski definition) is 8. The molecule has 1 saturated heterocycles. The zero-order chi connectivity index (χ0) is 27.2. The summed E-state index contributed by atoms with van der Waals surface area (Å²) < 4.78 is 0. The van der Waals surface area contributed by atoms with E-state index in [1.54, 1.807) is 74.5 Å². The minimum atomic E-state index is -2.11. The molecular formula is C27H30N2O6S2. The van der Waals surface area contributed by atoms with Crippen LogP contribution in [0.5, 0.6) is 0 Å². The minimum absolute atomic E-state index is 0.0373. The van der Waals surface area contributed by atoms with Crippen molar-refractivity contribution in [3.05, 3.63) is 71.8 Å². The molecule has 0 saturated carbocycles. The Balaban J connectivity index is 1.92. The van der Waals surface area contributed by atoms with Crippen LogP contribution in [0.25, 0.3) is 0 Å². The number of rotatable bonds is 10. The van der Waals surface area contributed by atoms with E-state index in [2.05, 4.69) is 0 Å². The Labute approximate surface area is 224 Å². The molecular weight excluding hydrogens is 512 g/mol. The van der Waals surface area contributed by atoms with Crippen molar-refractivity contribution in [1.82, 2.24) is 4.90 Å². The monoisotopic (exact) mass is 542 g/mol. The van der Waals surface area contributed by atoms with Crippen molar-refractivity contribution in [3.63, 3.8) is 0 Å². The van der Waals surface area contributed by atoms with Gasteiger partial charge in [0.2, 0.25) is 21.7 Å². The van der Waals surface area contributed by atoms with Crippen LogP contribution < -0.4 is 5.73 Å². The van der Waals surface area contributed by atoms with Gasteiger partial charge in [-0.2, -0.15) is 0 Å². The van der Waals surface area contributed by atoms with Gasteiger partial charge in [-0.3, -0.25) is 19.2 Å². The number of nitrogens with zero attached hydrogens (tertiary/aromatic N) is 1. The number of benzene rings is 2. The summed E-state index contributed by atoms with van der Waals surface area (Å²) in [5.41, 5.74) is 4.77. The standard InChI is InChI=1S/C27H30N2O6S2/c1-17(2)21(28)22(30)27(26(34)35)14-9-15-29(27)23(31)20(37-25(33)19-12-7-4-8-13-19)16-36-24(32)18-10-5-3-6-11-18/h3-8,10-13,17,20-21H,9,14-16,28H2,1-2H3,(H,34,35). The van der Waals surface area contributed by atoms with Crippen molar-refractivity contribution in [2.45, 2.75) is 43.5 Å². The van der Waals surface area contributed by atoms with Gasteiger partial charge < -0.3 is 15.7 Å². The Morgan fingerprint density at radius 2 is 1.49 bits per heavy atom. The zero-order valence-corrected chi connectivity index (χ0v) is 22.3. The number of amides is 1. The summed E-state index contributed by atoms with van der Waals surface area (Å²) >= 11 is 1.60. The van der Waals surface area contributed by atoms with Gasteiger partial charge in [0.1, 0.15) is 5.25 Å². The molecule has 0 radical (unpaired) electrons. The highest BCUT2D eigenvalue weighted by Gasteiger charge is 2.58. The number of hydrogen-bond donors (Lipinski definition) is 2. The van der Waals surface area contributed by atoms with Gasteiger partial charge in [0.05, 0.1) is 6.04 Å². The third-order valence-corrected chi connectivity index (χ3v) is 8.65. The second-order valence-corrected chi connectivity index (χ2v) is 11.3. The van der Waals surface area contributed by atoms with E-state index in [0.29, 0.717) is 17.5 Å². The van der Waals surface area contributed by atoms with E-state index in [9.17, 15) is 29.1 Å². The van der Waals surface area contributed by atoms with Crippen LogP contribution >= 0.6 is 23.5 Å². The molecule has 3 N–H and O–H groups in total. The lowest BCUT2D eigenvalue weighted by Gasteiger charge is -2.37. The van der Waals surface area contributed by atoms with Gasteiger partial charge in [0, 0.05) is 23.4 Å². The van der Waals surface area contributed by atoms with Crippen molar-refractivity contribution >= 4 is 51.4 Å². The van der Waals surface area contributed by atoms with Crippen LogP contribution in [0, 0.1) is 5.92 Å². The quantitative estimate of drug-likeness (QED) is 0.433. The Hall–Kier alpha value is -2.95. The maximum absolute atomic E-state index is 13.9. The molecule has 3 rings (SSSR count). The van der Waals surface area contributed by atoms with Gasteiger partial charge >= 0.3 is 5.97 Å². The van der Waals surface area contributed by atoms with Crippen molar-refractivity contribution in [2.24, 2.45) is 11.7 Å². The molecule has 0 aliphatic carbocycles. The molecule has 3 unspecified atom stereocenters. The number of thioether (sulfide) groups is 2. The average Bonchev–Trinajstić information content (AvgIpc) is 3.36. The number of carbonyl (C=O) groups excluding carboxylic acids is 4. The van der Waals surface area contributed by atoms with E-state index in [0.717, 1.165) is 28.4 Å². The van der Waals surface area contributed by atoms with Crippen LogP contribution in [0.3, 0.4) is 0 Å². The molecule has 1 aliphatic heterocycles. The molecule has 37 heavy (non-hydrogen) atoms. The zero-order valence-electron chi connectivity index (χ0n) is 20.7. The number of nitrogens with two attached hydrogens (primary N) is 1. The molecule has 8 nitrogen and oxygen atoms in total. The molecule has 196 valence electrons. The fourth-order valence-corrected chi connectivity index (χ4v) is 6.17. The molecule has 0 bridgehead atoms. The number of carbonyl (C=O) groups is 5. The van der Waals surface area contributed by atoms with Gasteiger partial charge in [0.15, 0.2) is 5.78 Å². The van der Waals surface area contributed by atoms with Gasteiger partial charge in [-0.15, -0.1) is 0 Å². The lowest BCUT2D eigenvalue weighted by atomic mass is 9.83. The summed E-state index contributed by atoms with van der Waals surface area (Å²) in [5, 5.41) is 8.42. The number of ketones is 1. The van der Waals surface area contributed by atoms with E-state index in [1.165, 1.54) is 0 Å². The molecule has 1 heterocycles. The molecule has 1 amide bonds. The van der Waals surface area contributed by atoms with Crippen molar-refractivity contribution in [1.29, 1.82) is 0 Å². The van der Waals surface area contributed by atoms with Crippen molar-refractivity contribution in [3.8, 4) is 0 Å². The molecule has 10 heteroatoms. The fraction of sp³-hybridized carbons (Fsp3) is 0.370. The third kappa shape index (κ3) is 6.31. The van der Waals surface area contributed by atoms with Crippen molar-refractivity contribution < 1.29 is 29.1 Å². The smallest absolute Gasteiger partial charge is 0.337 e. The van der Waals surface area contributed by atoms with E-state index in [-0.39, 0.29) is 29.8 Å². The molecule has 0 aromatic heterocycles. The summed E-state index contributed by atoms with van der Waals surface area (Å²) in [7, 11) is 0. The van der Waals surface area contributed by atoms with E-state index >= 15 is 0 Å². The van der Waals surface area contributed by atoms with Crippen LogP contribution in [-0.2, 0) is 14.4 Å². The van der Waals surface area contributed by atoms with Gasteiger partial charge in [-0.05, 0) is 18.8 Å². The predicted octanol–water partition coefficient (Wildman–Crippen LogP) is 3.50. The maximum Gasteiger partial charge on any atom is 0.337 e. The lowest BCUT2D eigenvalue weighted by Crippen LogP contribution is -2.64. The molecule has 3 atom stereocenters.